The summed E-state index contributed by atoms with van der Waals surface area (Å²) < 4.78 is 0. The van der Waals surface area contributed by atoms with E-state index < -0.39 is 0 Å². The molecular formula is C24H28N6. The van der Waals surface area contributed by atoms with Gasteiger partial charge in [-0.15, -0.1) is 0 Å². The minimum absolute atomic E-state index is 0.124. The highest BCUT2D eigenvalue weighted by Crippen LogP contribution is 2.27. The van der Waals surface area contributed by atoms with Gasteiger partial charge in [-0.05, 0) is 52.3 Å². The zero-order valence-electron chi connectivity index (χ0n) is 17.0. The van der Waals surface area contributed by atoms with Gasteiger partial charge >= 0.3 is 0 Å². The van der Waals surface area contributed by atoms with Crippen molar-refractivity contribution in [2.45, 2.75) is 12.8 Å². The number of nitrogens with two attached hydrogens (primary N) is 4. The lowest BCUT2D eigenvalue weighted by atomic mass is 9.96. The van der Waals surface area contributed by atoms with Crippen molar-refractivity contribution >= 4 is 11.9 Å². The van der Waals surface area contributed by atoms with Crippen LogP contribution in [0.15, 0.2) is 82.8 Å². The number of hydrogen-bond acceptors (Lipinski definition) is 2. The molecule has 0 bridgehead atoms. The molecule has 0 fully saturated rings. The fourth-order valence-corrected chi connectivity index (χ4v) is 3.32. The van der Waals surface area contributed by atoms with Crippen LogP contribution in [0.3, 0.4) is 0 Å². The highest BCUT2D eigenvalue weighted by atomic mass is 15.0. The van der Waals surface area contributed by atoms with Crippen molar-refractivity contribution in [1.82, 2.24) is 0 Å². The van der Waals surface area contributed by atoms with Crippen LogP contribution >= 0.6 is 0 Å². The average Bonchev–Trinajstić information content (AvgIpc) is 2.74. The molecule has 30 heavy (non-hydrogen) atoms. The molecule has 0 aliphatic heterocycles. The van der Waals surface area contributed by atoms with Gasteiger partial charge in [0, 0.05) is 13.1 Å². The summed E-state index contributed by atoms with van der Waals surface area (Å²) in [6.07, 6.45) is 1.59. The average molecular weight is 401 g/mol. The maximum Gasteiger partial charge on any atom is 0.185 e. The molecule has 0 aromatic heterocycles. The van der Waals surface area contributed by atoms with Gasteiger partial charge in [0.1, 0.15) is 0 Å². The molecule has 3 rings (SSSR count). The maximum atomic E-state index is 5.41. The summed E-state index contributed by atoms with van der Waals surface area (Å²) in [4.78, 5) is 8.13. The Balaban J connectivity index is 1.80. The van der Waals surface area contributed by atoms with Crippen molar-refractivity contribution < 1.29 is 0 Å². The Kier molecular flexibility index (Phi) is 7.05. The van der Waals surface area contributed by atoms with E-state index in [4.69, 9.17) is 22.9 Å². The monoisotopic (exact) mass is 400 g/mol. The Labute approximate surface area is 177 Å². The van der Waals surface area contributed by atoms with Crippen molar-refractivity contribution in [3.05, 3.63) is 83.9 Å². The fraction of sp³-hybridized carbons (Fsp3) is 0.167. The predicted molar refractivity (Wildman–Crippen MR) is 126 cm³/mol. The van der Waals surface area contributed by atoms with E-state index in [2.05, 4.69) is 82.8 Å². The van der Waals surface area contributed by atoms with Gasteiger partial charge < -0.3 is 22.9 Å². The Bertz CT molecular complexity index is 966. The van der Waals surface area contributed by atoms with E-state index in [-0.39, 0.29) is 11.9 Å². The van der Waals surface area contributed by atoms with Gasteiger partial charge in [0.2, 0.25) is 0 Å². The standard InChI is InChI=1S/C24H28N6/c25-23(26)29-12-10-17-4-1-6-19(14-17)21-8-3-9-22(16-21)20-7-2-5-18(15-20)11-13-30-24(27)28/h1-9,14-16H,10-13H2,(H4,25,26,29)(H4,27,28,30). The van der Waals surface area contributed by atoms with Gasteiger partial charge in [0.25, 0.3) is 0 Å². The zero-order valence-corrected chi connectivity index (χ0v) is 17.0. The summed E-state index contributed by atoms with van der Waals surface area (Å²) in [6.45, 7) is 1.16. The third-order valence-electron chi connectivity index (χ3n) is 4.77. The molecule has 8 N–H and O–H groups in total. The molecule has 0 unspecified atom stereocenters. The predicted octanol–water partition coefficient (Wildman–Crippen LogP) is 2.65. The minimum Gasteiger partial charge on any atom is -0.370 e. The van der Waals surface area contributed by atoms with E-state index in [0.29, 0.717) is 13.1 Å². The first kappa shape index (κ1) is 20.9. The first-order chi connectivity index (χ1) is 14.5. The molecule has 3 aromatic rings. The third kappa shape index (κ3) is 6.10. The molecule has 0 spiro atoms. The van der Waals surface area contributed by atoms with Gasteiger partial charge in [-0.3, -0.25) is 9.98 Å². The summed E-state index contributed by atoms with van der Waals surface area (Å²) in [6, 6.07) is 25.5. The van der Waals surface area contributed by atoms with Crippen molar-refractivity contribution in [3.8, 4) is 22.3 Å². The summed E-state index contributed by atoms with van der Waals surface area (Å²) in [5, 5.41) is 0. The molecule has 154 valence electrons. The first-order valence-corrected chi connectivity index (χ1v) is 9.91. The number of hydrogen-bond donors (Lipinski definition) is 4. The second-order valence-electron chi connectivity index (χ2n) is 7.09. The molecule has 0 aliphatic rings. The Morgan fingerprint density at radius 3 is 1.30 bits per heavy atom. The van der Waals surface area contributed by atoms with E-state index in [0.717, 1.165) is 12.8 Å². The topological polar surface area (TPSA) is 129 Å². The van der Waals surface area contributed by atoms with Crippen LogP contribution in [0, 0.1) is 0 Å². The molecule has 0 atom stereocenters. The van der Waals surface area contributed by atoms with Crippen molar-refractivity contribution in [2.75, 3.05) is 13.1 Å². The van der Waals surface area contributed by atoms with Crippen LogP contribution in [-0.4, -0.2) is 25.0 Å². The zero-order chi connectivity index (χ0) is 21.3. The van der Waals surface area contributed by atoms with Crippen LogP contribution in [0.4, 0.5) is 0 Å². The molecule has 0 saturated heterocycles. The van der Waals surface area contributed by atoms with Gasteiger partial charge in [-0.25, -0.2) is 0 Å². The Morgan fingerprint density at radius 2 is 0.900 bits per heavy atom. The molecule has 0 radical (unpaired) electrons. The van der Waals surface area contributed by atoms with Crippen molar-refractivity contribution in [1.29, 1.82) is 0 Å². The van der Waals surface area contributed by atoms with E-state index in [1.165, 1.54) is 33.4 Å². The summed E-state index contributed by atoms with van der Waals surface area (Å²) >= 11 is 0. The lowest BCUT2D eigenvalue weighted by molar-refractivity contribution is 0.963. The van der Waals surface area contributed by atoms with Gasteiger partial charge in [-0.1, -0.05) is 66.7 Å². The van der Waals surface area contributed by atoms with E-state index in [1.807, 2.05) is 0 Å². The van der Waals surface area contributed by atoms with E-state index in [9.17, 15) is 0 Å². The number of nitrogens with zero attached hydrogens (tertiary/aromatic N) is 2. The van der Waals surface area contributed by atoms with Crippen molar-refractivity contribution in [3.63, 3.8) is 0 Å². The SMILES string of the molecule is NC(N)=NCCc1cccc(-c2cccc(-c3cccc(CCN=C(N)N)c3)c2)c1. The minimum atomic E-state index is 0.124. The normalized spacial score (nSPS) is 10.4. The summed E-state index contributed by atoms with van der Waals surface area (Å²) in [5.41, 5.74) is 28.7. The van der Waals surface area contributed by atoms with Crippen LogP contribution in [0.5, 0.6) is 0 Å². The summed E-state index contributed by atoms with van der Waals surface area (Å²) in [5.74, 6) is 0.249. The van der Waals surface area contributed by atoms with Gasteiger partial charge in [0.15, 0.2) is 11.9 Å². The highest BCUT2D eigenvalue weighted by molar-refractivity contribution is 5.76. The van der Waals surface area contributed by atoms with Crippen LogP contribution < -0.4 is 22.9 Å². The Hall–Kier alpha value is -3.80. The van der Waals surface area contributed by atoms with Crippen LogP contribution in [-0.2, 0) is 12.8 Å². The molecule has 0 aliphatic carbocycles. The fourth-order valence-electron chi connectivity index (χ4n) is 3.32. The van der Waals surface area contributed by atoms with Crippen LogP contribution in [0.25, 0.3) is 22.3 Å². The molecule has 6 heteroatoms. The second-order valence-corrected chi connectivity index (χ2v) is 7.09. The first-order valence-electron chi connectivity index (χ1n) is 9.91. The largest absolute Gasteiger partial charge is 0.370 e. The highest BCUT2D eigenvalue weighted by Gasteiger charge is 2.04. The number of aliphatic imine (C=N–C) groups is 2. The van der Waals surface area contributed by atoms with Gasteiger partial charge in [-0.2, -0.15) is 0 Å². The Morgan fingerprint density at radius 1 is 0.533 bits per heavy atom. The smallest absolute Gasteiger partial charge is 0.185 e. The van der Waals surface area contributed by atoms with Crippen LogP contribution in [0.1, 0.15) is 11.1 Å². The number of rotatable bonds is 8. The molecule has 0 saturated carbocycles. The molecule has 6 nitrogen and oxygen atoms in total. The lowest BCUT2D eigenvalue weighted by Crippen LogP contribution is -2.23. The summed E-state index contributed by atoms with van der Waals surface area (Å²) in [7, 11) is 0. The number of benzene rings is 3. The van der Waals surface area contributed by atoms with Gasteiger partial charge in [0.05, 0.1) is 0 Å². The molecule has 3 aromatic carbocycles. The van der Waals surface area contributed by atoms with E-state index in [1.54, 1.807) is 0 Å². The molecular weight excluding hydrogens is 372 g/mol. The maximum absolute atomic E-state index is 5.41. The quantitative estimate of drug-likeness (QED) is 0.342. The van der Waals surface area contributed by atoms with Crippen LogP contribution in [0.2, 0.25) is 0 Å². The van der Waals surface area contributed by atoms with Crippen molar-refractivity contribution in [2.24, 2.45) is 32.9 Å². The second kappa shape index (κ2) is 10.1. The van der Waals surface area contributed by atoms with E-state index >= 15 is 0 Å². The number of guanidine groups is 2. The molecule has 0 heterocycles. The molecule has 0 amide bonds. The lowest BCUT2D eigenvalue weighted by Gasteiger charge is -2.09. The third-order valence-corrected chi connectivity index (χ3v) is 4.77.